The number of anilines is 1. The first-order valence-electron chi connectivity index (χ1n) is 12.7. The standard InChI is InChI=1S/C27H38ClN5O2S/c1-6-7-8-13-29-24(34)18-36-26-30-22(28)16-23(31-26)32-14-15-33(19(2)17-32)25(35)20-9-11-21(12-10-20)27(3,4)5/h9-12,16,19H,6-8,13-15,17-18H2,1-5H3,(H,29,34). The zero-order chi connectivity index (χ0) is 26.3. The van der Waals surface area contributed by atoms with Gasteiger partial charge in [-0.1, -0.05) is 76.0 Å². The number of rotatable bonds is 9. The Labute approximate surface area is 224 Å². The first-order chi connectivity index (χ1) is 17.1. The van der Waals surface area contributed by atoms with Gasteiger partial charge in [0.05, 0.1) is 5.75 Å². The van der Waals surface area contributed by atoms with Crippen molar-refractivity contribution in [1.29, 1.82) is 0 Å². The zero-order valence-electron chi connectivity index (χ0n) is 22.0. The molecule has 0 spiro atoms. The second-order valence-electron chi connectivity index (χ2n) is 10.3. The van der Waals surface area contributed by atoms with Gasteiger partial charge < -0.3 is 15.1 Å². The smallest absolute Gasteiger partial charge is 0.254 e. The molecule has 3 rings (SSSR count). The van der Waals surface area contributed by atoms with E-state index in [1.165, 1.54) is 17.3 Å². The van der Waals surface area contributed by atoms with Crippen molar-refractivity contribution >= 4 is 41.0 Å². The van der Waals surface area contributed by atoms with Gasteiger partial charge in [-0.15, -0.1) is 0 Å². The predicted octanol–water partition coefficient (Wildman–Crippen LogP) is 5.18. The number of unbranched alkanes of at least 4 members (excludes halogenated alkanes) is 2. The third kappa shape index (κ3) is 7.84. The fourth-order valence-corrected chi connectivity index (χ4v) is 5.05. The molecule has 1 aliphatic rings. The summed E-state index contributed by atoms with van der Waals surface area (Å²) in [6.07, 6.45) is 3.21. The summed E-state index contributed by atoms with van der Waals surface area (Å²) in [5.41, 5.74) is 1.97. The molecule has 0 radical (unpaired) electrons. The lowest BCUT2D eigenvalue weighted by atomic mass is 9.86. The van der Waals surface area contributed by atoms with Gasteiger partial charge in [-0.3, -0.25) is 9.59 Å². The maximum atomic E-state index is 13.2. The molecule has 1 atom stereocenters. The number of benzene rings is 1. The third-order valence-corrected chi connectivity index (χ3v) is 7.35. The van der Waals surface area contributed by atoms with Gasteiger partial charge in [0, 0.05) is 43.9 Å². The van der Waals surface area contributed by atoms with Crippen molar-refractivity contribution in [3.63, 3.8) is 0 Å². The lowest BCUT2D eigenvalue weighted by molar-refractivity contribution is -0.118. The maximum absolute atomic E-state index is 13.2. The molecule has 1 fully saturated rings. The monoisotopic (exact) mass is 531 g/mol. The van der Waals surface area contributed by atoms with Crippen LogP contribution >= 0.6 is 23.4 Å². The van der Waals surface area contributed by atoms with Crippen molar-refractivity contribution in [2.45, 2.75) is 70.5 Å². The Morgan fingerprint density at radius 2 is 1.86 bits per heavy atom. The number of nitrogens with zero attached hydrogens (tertiary/aromatic N) is 4. The van der Waals surface area contributed by atoms with E-state index in [1.807, 2.05) is 29.2 Å². The summed E-state index contributed by atoms with van der Waals surface area (Å²) >= 11 is 7.57. The Morgan fingerprint density at radius 1 is 1.14 bits per heavy atom. The number of nitrogens with one attached hydrogen (secondary N) is 1. The Morgan fingerprint density at radius 3 is 2.50 bits per heavy atom. The molecule has 0 bridgehead atoms. The number of carbonyl (C=O) groups excluding carboxylic acids is 2. The van der Waals surface area contributed by atoms with Gasteiger partial charge in [-0.2, -0.15) is 0 Å². The summed E-state index contributed by atoms with van der Waals surface area (Å²) < 4.78 is 0. The summed E-state index contributed by atoms with van der Waals surface area (Å²) in [5, 5.41) is 3.75. The van der Waals surface area contributed by atoms with Crippen LogP contribution in [0.25, 0.3) is 0 Å². The van der Waals surface area contributed by atoms with Crippen LogP contribution in [0.5, 0.6) is 0 Å². The molecule has 1 aliphatic heterocycles. The topological polar surface area (TPSA) is 78.4 Å². The highest BCUT2D eigenvalue weighted by atomic mass is 35.5. The van der Waals surface area contributed by atoms with E-state index in [0.717, 1.165) is 19.3 Å². The number of carbonyl (C=O) groups is 2. The number of amides is 2. The molecule has 9 heteroatoms. The Hall–Kier alpha value is -2.32. The lowest BCUT2D eigenvalue weighted by Gasteiger charge is -2.40. The quantitative estimate of drug-likeness (QED) is 0.208. The minimum atomic E-state index is -0.0301. The average Bonchev–Trinajstić information content (AvgIpc) is 2.84. The largest absolute Gasteiger partial charge is 0.355 e. The molecule has 7 nitrogen and oxygen atoms in total. The Kier molecular flexibility index (Phi) is 10.0. The molecular formula is C27H38ClN5O2S. The SMILES string of the molecule is CCCCCNC(=O)CSc1nc(Cl)cc(N2CCN(C(=O)c3ccc(C(C)(C)C)cc3)C(C)C2)n1. The van der Waals surface area contributed by atoms with E-state index >= 15 is 0 Å². The van der Waals surface area contributed by atoms with E-state index in [0.29, 0.717) is 47.9 Å². The number of halogens is 1. The first kappa shape index (κ1) is 28.3. The fraction of sp³-hybridized carbons (Fsp3) is 0.556. The van der Waals surface area contributed by atoms with E-state index in [2.05, 4.69) is 54.8 Å². The van der Waals surface area contributed by atoms with Gasteiger partial charge >= 0.3 is 0 Å². The van der Waals surface area contributed by atoms with Crippen molar-refractivity contribution in [3.8, 4) is 0 Å². The number of thioether (sulfide) groups is 1. The van der Waals surface area contributed by atoms with E-state index in [4.69, 9.17) is 11.6 Å². The summed E-state index contributed by atoms with van der Waals surface area (Å²) in [6, 6.07) is 9.69. The first-order valence-corrected chi connectivity index (χ1v) is 14.1. The predicted molar refractivity (Wildman–Crippen MR) is 148 cm³/mol. The average molecular weight is 532 g/mol. The normalized spacial score (nSPS) is 16.2. The van der Waals surface area contributed by atoms with Gasteiger partial charge in [0.25, 0.3) is 5.91 Å². The summed E-state index contributed by atoms with van der Waals surface area (Å²) in [5.74, 6) is 0.981. The van der Waals surface area contributed by atoms with Crippen LogP contribution in [0.2, 0.25) is 5.15 Å². The summed E-state index contributed by atoms with van der Waals surface area (Å²) in [7, 11) is 0. The molecule has 2 amide bonds. The highest BCUT2D eigenvalue weighted by molar-refractivity contribution is 7.99. The second-order valence-corrected chi connectivity index (χ2v) is 11.6. The molecule has 36 heavy (non-hydrogen) atoms. The Balaban J connectivity index is 1.59. The van der Waals surface area contributed by atoms with Crippen molar-refractivity contribution in [1.82, 2.24) is 20.2 Å². The molecule has 0 saturated carbocycles. The van der Waals surface area contributed by atoms with Gasteiger partial charge in [-0.25, -0.2) is 9.97 Å². The van der Waals surface area contributed by atoms with Crippen LogP contribution in [-0.2, 0) is 10.2 Å². The van der Waals surface area contributed by atoms with E-state index < -0.39 is 0 Å². The molecule has 2 heterocycles. The lowest BCUT2D eigenvalue weighted by Crippen LogP contribution is -2.54. The van der Waals surface area contributed by atoms with Crippen LogP contribution in [0, 0.1) is 0 Å². The minimum Gasteiger partial charge on any atom is -0.355 e. The minimum absolute atomic E-state index is 0.00675. The number of aromatic nitrogens is 2. The van der Waals surface area contributed by atoms with Crippen molar-refractivity contribution in [3.05, 3.63) is 46.6 Å². The second kappa shape index (κ2) is 12.8. The van der Waals surface area contributed by atoms with E-state index in [9.17, 15) is 9.59 Å². The number of piperazine rings is 1. The van der Waals surface area contributed by atoms with Crippen LogP contribution < -0.4 is 10.2 Å². The third-order valence-electron chi connectivity index (χ3n) is 6.31. The molecule has 2 aromatic rings. The molecular weight excluding hydrogens is 494 g/mol. The molecule has 1 aromatic carbocycles. The highest BCUT2D eigenvalue weighted by Crippen LogP contribution is 2.26. The number of hydrogen-bond acceptors (Lipinski definition) is 6. The molecule has 1 unspecified atom stereocenters. The van der Waals surface area contributed by atoms with Crippen LogP contribution in [0.4, 0.5) is 5.82 Å². The van der Waals surface area contributed by atoms with Gasteiger partial charge in [-0.05, 0) is 36.5 Å². The molecule has 196 valence electrons. The van der Waals surface area contributed by atoms with Crippen LogP contribution in [-0.4, -0.2) is 64.7 Å². The van der Waals surface area contributed by atoms with Crippen molar-refractivity contribution in [2.75, 3.05) is 36.8 Å². The molecule has 1 N–H and O–H groups in total. The zero-order valence-corrected chi connectivity index (χ0v) is 23.6. The van der Waals surface area contributed by atoms with Crippen molar-refractivity contribution in [2.24, 2.45) is 0 Å². The van der Waals surface area contributed by atoms with Gasteiger partial charge in [0.2, 0.25) is 5.91 Å². The fourth-order valence-electron chi connectivity index (χ4n) is 4.14. The van der Waals surface area contributed by atoms with Crippen LogP contribution in [0.3, 0.4) is 0 Å². The van der Waals surface area contributed by atoms with Gasteiger partial charge in [0.15, 0.2) is 5.16 Å². The molecule has 1 saturated heterocycles. The highest BCUT2D eigenvalue weighted by Gasteiger charge is 2.29. The number of hydrogen-bond donors (Lipinski definition) is 1. The Bertz CT molecular complexity index is 1040. The van der Waals surface area contributed by atoms with Gasteiger partial charge in [0.1, 0.15) is 11.0 Å². The van der Waals surface area contributed by atoms with E-state index in [-0.39, 0.29) is 29.0 Å². The maximum Gasteiger partial charge on any atom is 0.254 e. The summed E-state index contributed by atoms with van der Waals surface area (Å²) in [6.45, 7) is 13.2. The van der Waals surface area contributed by atoms with Crippen LogP contribution in [0.1, 0.15) is 69.8 Å². The van der Waals surface area contributed by atoms with Crippen molar-refractivity contribution < 1.29 is 9.59 Å². The van der Waals surface area contributed by atoms with Crippen LogP contribution in [0.15, 0.2) is 35.5 Å². The summed E-state index contributed by atoms with van der Waals surface area (Å²) in [4.78, 5) is 38.3. The van der Waals surface area contributed by atoms with E-state index in [1.54, 1.807) is 6.07 Å². The molecule has 1 aromatic heterocycles. The molecule has 0 aliphatic carbocycles.